The van der Waals surface area contributed by atoms with E-state index in [4.69, 9.17) is 0 Å². The predicted molar refractivity (Wildman–Crippen MR) is 41.0 cm³/mol. The molecule has 0 nitrogen and oxygen atoms in total. The van der Waals surface area contributed by atoms with Crippen LogP contribution in [-0.2, 0) is 0 Å². The fraction of sp³-hybridized carbons (Fsp3) is 0.750. The average Bonchev–Trinajstić information content (AvgIpc) is 1.30. The van der Waals surface area contributed by atoms with E-state index in [2.05, 4.69) is 32.9 Å². The van der Waals surface area contributed by atoms with E-state index in [0.717, 1.165) is 0 Å². The summed E-state index contributed by atoms with van der Waals surface area (Å²) in [4.78, 5) is 0. The van der Waals surface area contributed by atoms with Crippen LogP contribution in [0.25, 0.3) is 0 Å². The van der Waals surface area contributed by atoms with Crippen LogP contribution in [0.1, 0.15) is 35.1 Å². The summed E-state index contributed by atoms with van der Waals surface area (Å²) in [5.74, 6) is 0. The number of hydrogen-bond acceptors (Lipinski definition) is 0. The Morgan fingerprint density at radius 2 is 1.50 bits per heavy atom. The maximum atomic E-state index is 2.19. The van der Waals surface area contributed by atoms with Gasteiger partial charge in [-0.25, -0.2) is 0 Å². The smallest absolute Gasteiger partial charge is 0.0203 e. The van der Waals surface area contributed by atoms with Crippen LogP contribution in [0.2, 0.25) is 0 Å². The summed E-state index contributed by atoms with van der Waals surface area (Å²) in [6.45, 7) is 8.61. The van der Waals surface area contributed by atoms with Crippen LogP contribution >= 0.6 is 0 Å². The molecule has 0 aromatic carbocycles. The maximum Gasteiger partial charge on any atom is -0.0203 e. The minimum absolute atomic E-state index is 0. The Balaban J connectivity index is 0. The largest absolute Gasteiger partial charge is 0.0911 e. The minimum atomic E-state index is 0. The van der Waals surface area contributed by atoms with Crippen LogP contribution in [0, 0.1) is 5.41 Å². The lowest BCUT2D eigenvalue weighted by molar-refractivity contribution is 0.543. The van der Waals surface area contributed by atoms with Crippen LogP contribution in [0.5, 0.6) is 0 Å². The molecule has 0 bridgehead atoms. The zero-order chi connectivity index (χ0) is 5.91. The Morgan fingerprint density at radius 3 is 1.50 bits per heavy atom. The molecule has 0 amide bonds. The highest BCUT2D eigenvalue weighted by Gasteiger charge is 2.00. The van der Waals surface area contributed by atoms with Crippen LogP contribution < -0.4 is 0 Å². The second-order valence-corrected chi connectivity index (χ2v) is 2.87. The van der Waals surface area contributed by atoms with Crippen molar-refractivity contribution in [1.29, 1.82) is 0 Å². The Hall–Kier alpha value is -0.260. The van der Waals surface area contributed by atoms with Gasteiger partial charge in [0.2, 0.25) is 0 Å². The topological polar surface area (TPSA) is 0 Å². The molecule has 50 valence electrons. The van der Waals surface area contributed by atoms with Gasteiger partial charge in [0, 0.05) is 0 Å². The summed E-state index contributed by atoms with van der Waals surface area (Å²) >= 11 is 0. The van der Waals surface area contributed by atoms with E-state index in [9.17, 15) is 0 Å². The zero-order valence-corrected chi connectivity index (χ0v) is 5.65. The van der Waals surface area contributed by atoms with E-state index < -0.39 is 0 Å². The highest BCUT2D eigenvalue weighted by molar-refractivity contribution is 4.88. The van der Waals surface area contributed by atoms with Gasteiger partial charge in [0.25, 0.3) is 0 Å². The molecule has 0 saturated carbocycles. The van der Waals surface area contributed by atoms with Crippen molar-refractivity contribution in [2.45, 2.75) is 35.1 Å². The van der Waals surface area contributed by atoms with Crippen molar-refractivity contribution in [2.75, 3.05) is 0 Å². The molecule has 0 aromatic rings. The van der Waals surface area contributed by atoms with Gasteiger partial charge in [-0.1, -0.05) is 40.3 Å². The molecule has 0 heterocycles. The lowest BCUT2D eigenvalue weighted by atomic mass is 9.97. The molecular formula is C8H18. The van der Waals surface area contributed by atoms with Gasteiger partial charge >= 0.3 is 0 Å². The molecule has 0 heteroatoms. The van der Waals surface area contributed by atoms with Gasteiger partial charge in [0.1, 0.15) is 0 Å². The molecule has 0 unspecified atom stereocenters. The van der Waals surface area contributed by atoms with Crippen molar-refractivity contribution in [3.05, 3.63) is 12.2 Å². The molecule has 0 aliphatic rings. The molecule has 8 heavy (non-hydrogen) atoms. The van der Waals surface area contributed by atoms with Gasteiger partial charge in [0.15, 0.2) is 0 Å². The van der Waals surface area contributed by atoms with Gasteiger partial charge in [-0.3, -0.25) is 0 Å². The van der Waals surface area contributed by atoms with Crippen molar-refractivity contribution in [1.82, 2.24) is 0 Å². The third kappa shape index (κ3) is 9.22. The first kappa shape index (κ1) is 10.7. The molecule has 0 atom stereocenters. The Labute approximate surface area is 53.6 Å². The van der Waals surface area contributed by atoms with E-state index in [1.54, 1.807) is 0 Å². The number of hydrogen-bond donors (Lipinski definition) is 0. The van der Waals surface area contributed by atoms with Crippen molar-refractivity contribution < 1.29 is 0 Å². The molecule has 0 aliphatic carbocycles. The van der Waals surface area contributed by atoms with Crippen LogP contribution in [-0.4, -0.2) is 0 Å². The van der Waals surface area contributed by atoms with E-state index in [0.29, 0.717) is 5.41 Å². The summed E-state index contributed by atoms with van der Waals surface area (Å²) in [6.07, 6.45) is 4.27. The van der Waals surface area contributed by atoms with Gasteiger partial charge in [-0.15, -0.1) is 0 Å². The zero-order valence-electron chi connectivity index (χ0n) is 5.65. The summed E-state index contributed by atoms with van der Waals surface area (Å²) in [6, 6.07) is 0. The van der Waals surface area contributed by atoms with E-state index in [1.165, 1.54) is 0 Å². The van der Waals surface area contributed by atoms with E-state index in [-0.39, 0.29) is 7.43 Å². The van der Waals surface area contributed by atoms with Gasteiger partial charge in [0.05, 0.1) is 0 Å². The van der Waals surface area contributed by atoms with Crippen LogP contribution in [0.15, 0.2) is 12.2 Å². The fourth-order valence-electron chi connectivity index (χ4n) is 0.500. The molecular weight excluding hydrogens is 96.1 g/mol. The van der Waals surface area contributed by atoms with Crippen LogP contribution in [0.4, 0.5) is 0 Å². The molecule has 0 spiro atoms. The second kappa shape index (κ2) is 3.71. The Morgan fingerprint density at radius 1 is 1.12 bits per heavy atom. The highest BCUT2D eigenvalue weighted by atomic mass is 14.1. The average molecular weight is 114 g/mol. The Kier molecular flexibility index (Phi) is 4.94. The first-order chi connectivity index (χ1) is 3.06. The van der Waals surface area contributed by atoms with E-state index >= 15 is 0 Å². The third-order valence-electron chi connectivity index (χ3n) is 0.667. The molecule has 0 fully saturated rings. The first-order valence-corrected chi connectivity index (χ1v) is 2.70. The molecule has 0 rings (SSSR count). The van der Waals surface area contributed by atoms with Gasteiger partial charge in [-0.05, 0) is 12.3 Å². The first-order valence-electron chi connectivity index (χ1n) is 2.70. The fourth-order valence-corrected chi connectivity index (χ4v) is 0.500. The van der Waals surface area contributed by atoms with Crippen LogP contribution in [0.3, 0.4) is 0 Å². The standard InChI is InChI=1S/C7H14.CH4/c1-5-6-7(2,3)4;/h5-6H,1-4H3;1H4. The molecule has 0 N–H and O–H groups in total. The SMILES string of the molecule is C.CC=CC(C)(C)C. The minimum Gasteiger partial charge on any atom is -0.0911 e. The number of rotatable bonds is 0. The normalized spacial score (nSPS) is 11.5. The highest BCUT2D eigenvalue weighted by Crippen LogP contribution is 2.13. The number of allylic oxidation sites excluding steroid dienone is 2. The second-order valence-electron chi connectivity index (χ2n) is 2.87. The molecule has 0 aliphatic heterocycles. The summed E-state index contributed by atoms with van der Waals surface area (Å²) < 4.78 is 0. The lowest BCUT2D eigenvalue weighted by Gasteiger charge is -2.09. The van der Waals surface area contributed by atoms with Crippen molar-refractivity contribution in [3.63, 3.8) is 0 Å². The van der Waals surface area contributed by atoms with Gasteiger partial charge in [-0.2, -0.15) is 0 Å². The summed E-state index contributed by atoms with van der Waals surface area (Å²) in [5, 5.41) is 0. The van der Waals surface area contributed by atoms with E-state index in [1.807, 2.05) is 6.92 Å². The third-order valence-corrected chi connectivity index (χ3v) is 0.667. The predicted octanol–water partition coefficient (Wildman–Crippen LogP) is 3.24. The monoisotopic (exact) mass is 114 g/mol. The van der Waals surface area contributed by atoms with Crippen molar-refractivity contribution in [3.8, 4) is 0 Å². The molecule has 0 aromatic heterocycles. The Bertz CT molecular complexity index is 62.6. The van der Waals surface area contributed by atoms with Gasteiger partial charge < -0.3 is 0 Å². The summed E-state index contributed by atoms with van der Waals surface area (Å²) in [7, 11) is 0. The maximum absolute atomic E-state index is 2.19. The lowest BCUT2D eigenvalue weighted by Crippen LogP contribution is -1.97. The van der Waals surface area contributed by atoms with Crippen molar-refractivity contribution >= 4 is 0 Å². The molecule has 0 radical (unpaired) electrons. The summed E-state index contributed by atoms with van der Waals surface area (Å²) in [5.41, 5.74) is 0.370. The molecule has 0 saturated heterocycles. The van der Waals surface area contributed by atoms with Crippen molar-refractivity contribution in [2.24, 2.45) is 5.41 Å². The quantitative estimate of drug-likeness (QED) is 0.424.